The minimum absolute atomic E-state index is 0.169. The molecule has 0 fully saturated rings. The molecule has 1 N–H and O–H groups in total. The van der Waals surface area contributed by atoms with Crippen molar-refractivity contribution >= 4 is 50.6 Å². The quantitative estimate of drug-likeness (QED) is 0.422. The second-order valence-corrected chi connectivity index (χ2v) is 6.78. The average Bonchev–Trinajstić information content (AvgIpc) is 3.06. The second-order valence-electron chi connectivity index (χ2n) is 5.46. The Morgan fingerprint density at radius 2 is 2.15 bits per heavy atom. The van der Waals surface area contributed by atoms with Gasteiger partial charge in [0, 0.05) is 9.86 Å². The Morgan fingerprint density at radius 1 is 1.33 bits per heavy atom. The number of nitrogens with zero attached hydrogens (tertiary/aromatic N) is 1. The van der Waals surface area contributed by atoms with E-state index in [1.54, 1.807) is 24.3 Å². The van der Waals surface area contributed by atoms with Crippen molar-refractivity contribution in [3.63, 3.8) is 0 Å². The fourth-order valence-electron chi connectivity index (χ4n) is 2.45. The van der Waals surface area contributed by atoms with Gasteiger partial charge in [-0.25, -0.2) is 5.43 Å². The number of hydrogen-bond acceptors (Lipinski definition) is 5. The number of amides is 1. The van der Waals surface area contributed by atoms with Crippen LogP contribution in [0.2, 0.25) is 5.02 Å². The van der Waals surface area contributed by atoms with Crippen LogP contribution < -0.4 is 14.9 Å². The summed E-state index contributed by atoms with van der Waals surface area (Å²) in [5, 5.41) is 5.17. The van der Waals surface area contributed by atoms with Gasteiger partial charge in [0.25, 0.3) is 0 Å². The van der Waals surface area contributed by atoms with Gasteiger partial charge < -0.3 is 13.9 Å². The van der Waals surface area contributed by atoms with Crippen LogP contribution in [0.4, 0.5) is 0 Å². The Balaban J connectivity index is 1.74. The molecular weight excluding hydrogens is 436 g/mol. The molecule has 0 aliphatic rings. The van der Waals surface area contributed by atoms with Gasteiger partial charge in [0.15, 0.2) is 17.3 Å². The first-order valence-electron chi connectivity index (χ1n) is 8.04. The van der Waals surface area contributed by atoms with Crippen LogP contribution in [0.25, 0.3) is 11.0 Å². The van der Waals surface area contributed by atoms with E-state index >= 15 is 0 Å². The lowest BCUT2D eigenvalue weighted by Gasteiger charge is -2.11. The van der Waals surface area contributed by atoms with Gasteiger partial charge in [0.1, 0.15) is 5.58 Å². The lowest BCUT2D eigenvalue weighted by atomic mass is 10.2. The number of carbonyl (C=O) groups excluding carboxylic acids is 1. The topological polar surface area (TPSA) is 73.1 Å². The highest BCUT2D eigenvalue weighted by Crippen LogP contribution is 2.36. The summed E-state index contributed by atoms with van der Waals surface area (Å²) in [6, 6.07) is 10.5. The number of nitrogens with one attached hydrogen (secondary N) is 1. The molecule has 0 aliphatic carbocycles. The zero-order chi connectivity index (χ0) is 19.4. The fourth-order valence-corrected chi connectivity index (χ4v) is 3.10. The highest BCUT2D eigenvalue weighted by Gasteiger charge is 2.13. The van der Waals surface area contributed by atoms with Gasteiger partial charge in [-0.3, -0.25) is 4.79 Å². The van der Waals surface area contributed by atoms with Crippen LogP contribution >= 0.6 is 27.5 Å². The average molecular weight is 452 g/mol. The summed E-state index contributed by atoms with van der Waals surface area (Å²) < 4.78 is 17.2. The standard InChI is InChI=1S/C19H16BrClN2O4/c1-3-26-18-14(21)6-11(7-16(18)25-2)10-22-23-19(24)17-9-12-8-13(20)4-5-15(12)27-17/h4-10H,3H2,1-2H3,(H,23,24)/b22-10+. The van der Waals surface area contributed by atoms with Gasteiger partial charge in [0.05, 0.1) is 25.0 Å². The second kappa shape index (κ2) is 8.45. The summed E-state index contributed by atoms with van der Waals surface area (Å²) in [5.74, 6) is 0.668. The smallest absolute Gasteiger partial charge is 0.307 e. The van der Waals surface area contributed by atoms with Gasteiger partial charge in [-0.15, -0.1) is 0 Å². The molecule has 1 amide bonds. The highest BCUT2D eigenvalue weighted by atomic mass is 79.9. The molecule has 0 radical (unpaired) electrons. The molecule has 3 aromatic rings. The van der Waals surface area contributed by atoms with Gasteiger partial charge in [-0.05, 0) is 48.9 Å². The van der Waals surface area contributed by atoms with Crippen molar-refractivity contribution in [3.8, 4) is 11.5 Å². The van der Waals surface area contributed by atoms with E-state index < -0.39 is 5.91 Å². The minimum Gasteiger partial charge on any atom is -0.493 e. The van der Waals surface area contributed by atoms with Crippen LogP contribution in [0.3, 0.4) is 0 Å². The van der Waals surface area contributed by atoms with Crippen LogP contribution in [-0.4, -0.2) is 25.8 Å². The van der Waals surface area contributed by atoms with Crippen LogP contribution in [0, 0.1) is 0 Å². The van der Waals surface area contributed by atoms with Crippen LogP contribution in [0.15, 0.2) is 50.4 Å². The molecule has 0 unspecified atom stereocenters. The summed E-state index contributed by atoms with van der Waals surface area (Å²) in [6.45, 7) is 2.32. The third-order valence-corrected chi connectivity index (χ3v) is 4.40. The third-order valence-electron chi connectivity index (χ3n) is 3.62. The first-order chi connectivity index (χ1) is 13.0. The number of hydrogen-bond donors (Lipinski definition) is 1. The Morgan fingerprint density at radius 3 is 2.89 bits per heavy atom. The number of methoxy groups -OCH3 is 1. The maximum absolute atomic E-state index is 12.2. The number of fused-ring (bicyclic) bond motifs is 1. The number of halogens is 2. The molecule has 0 spiro atoms. The molecule has 27 heavy (non-hydrogen) atoms. The summed E-state index contributed by atoms with van der Waals surface area (Å²) in [7, 11) is 1.52. The van der Waals surface area contributed by atoms with E-state index in [1.807, 2.05) is 19.1 Å². The van der Waals surface area contributed by atoms with Gasteiger partial charge in [-0.2, -0.15) is 5.10 Å². The van der Waals surface area contributed by atoms with E-state index in [9.17, 15) is 4.79 Å². The Kier molecular flexibility index (Phi) is 6.03. The van der Waals surface area contributed by atoms with E-state index in [0.717, 1.165) is 9.86 Å². The highest BCUT2D eigenvalue weighted by molar-refractivity contribution is 9.10. The molecule has 1 heterocycles. The molecule has 0 atom stereocenters. The van der Waals surface area contributed by atoms with Gasteiger partial charge >= 0.3 is 5.91 Å². The van der Waals surface area contributed by atoms with Crippen molar-refractivity contribution in [2.45, 2.75) is 6.92 Å². The lowest BCUT2D eigenvalue weighted by Crippen LogP contribution is -2.16. The number of carbonyl (C=O) groups is 1. The molecule has 0 saturated carbocycles. The molecule has 140 valence electrons. The monoisotopic (exact) mass is 450 g/mol. The predicted octanol–water partition coefficient (Wildman–Crippen LogP) is 5.02. The van der Waals surface area contributed by atoms with Crippen molar-refractivity contribution in [3.05, 3.63) is 57.2 Å². The lowest BCUT2D eigenvalue weighted by molar-refractivity contribution is 0.0929. The molecule has 2 aromatic carbocycles. The maximum Gasteiger partial charge on any atom is 0.307 e. The van der Waals surface area contributed by atoms with Crippen molar-refractivity contribution in [1.82, 2.24) is 5.43 Å². The number of hydrazone groups is 1. The molecule has 0 bridgehead atoms. The van der Waals surface area contributed by atoms with E-state index in [1.165, 1.54) is 13.3 Å². The molecular formula is C19H16BrClN2O4. The largest absolute Gasteiger partial charge is 0.493 e. The number of benzene rings is 2. The maximum atomic E-state index is 12.2. The van der Waals surface area contributed by atoms with Gasteiger partial charge in [0.2, 0.25) is 0 Å². The first-order valence-corrected chi connectivity index (χ1v) is 9.21. The summed E-state index contributed by atoms with van der Waals surface area (Å²) in [6.07, 6.45) is 1.46. The first kappa shape index (κ1) is 19.3. The zero-order valence-corrected chi connectivity index (χ0v) is 16.9. The number of rotatable bonds is 6. The van der Waals surface area contributed by atoms with E-state index in [4.69, 9.17) is 25.5 Å². The molecule has 8 heteroatoms. The van der Waals surface area contributed by atoms with Crippen LogP contribution in [-0.2, 0) is 0 Å². The Labute approximate surface area is 169 Å². The molecule has 1 aromatic heterocycles. The Bertz CT molecular complexity index is 1020. The van der Waals surface area contributed by atoms with E-state index in [-0.39, 0.29) is 5.76 Å². The summed E-state index contributed by atoms with van der Waals surface area (Å²) in [4.78, 5) is 12.2. The van der Waals surface area contributed by atoms with Crippen molar-refractivity contribution < 1.29 is 18.7 Å². The van der Waals surface area contributed by atoms with E-state index in [0.29, 0.717) is 34.3 Å². The van der Waals surface area contributed by atoms with Crippen molar-refractivity contribution in [1.29, 1.82) is 0 Å². The molecule has 3 rings (SSSR count). The van der Waals surface area contributed by atoms with Crippen LogP contribution in [0.1, 0.15) is 23.0 Å². The normalized spacial score (nSPS) is 11.1. The van der Waals surface area contributed by atoms with Crippen molar-refractivity contribution in [2.24, 2.45) is 5.10 Å². The SMILES string of the molecule is CCOc1c(Cl)cc(/C=N/NC(=O)c2cc3cc(Br)ccc3o2)cc1OC. The minimum atomic E-state index is -0.456. The van der Waals surface area contributed by atoms with E-state index in [2.05, 4.69) is 26.5 Å². The number of furan rings is 1. The van der Waals surface area contributed by atoms with Crippen LogP contribution in [0.5, 0.6) is 11.5 Å². The predicted molar refractivity (Wildman–Crippen MR) is 108 cm³/mol. The molecule has 0 saturated heterocycles. The fraction of sp³-hybridized carbons (Fsp3) is 0.158. The molecule has 6 nitrogen and oxygen atoms in total. The summed E-state index contributed by atoms with van der Waals surface area (Å²) >= 11 is 9.60. The zero-order valence-electron chi connectivity index (χ0n) is 14.6. The third kappa shape index (κ3) is 4.43. The summed E-state index contributed by atoms with van der Waals surface area (Å²) in [5.41, 5.74) is 3.70. The molecule has 0 aliphatic heterocycles. The number of ether oxygens (including phenoxy) is 2. The van der Waals surface area contributed by atoms with Gasteiger partial charge in [-0.1, -0.05) is 27.5 Å². The Hall–Kier alpha value is -2.51. The van der Waals surface area contributed by atoms with Crippen molar-refractivity contribution in [2.75, 3.05) is 13.7 Å².